The fourth-order valence-electron chi connectivity index (χ4n) is 3.78. The quantitative estimate of drug-likeness (QED) is 0.358. The van der Waals surface area contributed by atoms with Crippen LogP contribution >= 0.6 is 11.6 Å². The van der Waals surface area contributed by atoms with Crippen LogP contribution in [0.2, 0.25) is 5.02 Å². The predicted octanol–water partition coefficient (Wildman–Crippen LogP) is 4.20. The largest absolute Gasteiger partial charge is 0.436 e. The van der Waals surface area contributed by atoms with Gasteiger partial charge in [0.1, 0.15) is 5.69 Å². The van der Waals surface area contributed by atoms with E-state index in [0.717, 1.165) is 16.4 Å². The number of anilines is 1. The maximum atomic E-state index is 13.5. The van der Waals surface area contributed by atoms with Crippen LogP contribution in [0.1, 0.15) is 50.3 Å². The zero-order valence-electron chi connectivity index (χ0n) is 20.5. The number of hydrogen-bond donors (Lipinski definition) is 2. The van der Waals surface area contributed by atoms with Crippen LogP contribution in [-0.4, -0.2) is 48.1 Å². The number of halogens is 4. The second kappa shape index (κ2) is 10.6. The molecule has 0 radical (unpaired) electrons. The van der Waals surface area contributed by atoms with Crippen molar-refractivity contribution in [2.24, 2.45) is 0 Å². The molecule has 2 N–H and O–H groups in total. The molecule has 0 unspecified atom stereocenters. The first-order valence-corrected chi connectivity index (χ1v) is 11.7. The Morgan fingerprint density at radius 3 is 2.55 bits per heavy atom. The van der Waals surface area contributed by atoms with Crippen molar-refractivity contribution in [2.75, 3.05) is 11.9 Å². The summed E-state index contributed by atoms with van der Waals surface area (Å²) in [6.07, 6.45) is -2.47. The number of amides is 2. The molecule has 0 saturated carbocycles. The van der Waals surface area contributed by atoms with Crippen molar-refractivity contribution >= 4 is 29.1 Å². The van der Waals surface area contributed by atoms with Crippen molar-refractivity contribution in [3.8, 4) is 5.82 Å². The molecule has 0 aliphatic heterocycles. The summed E-state index contributed by atoms with van der Waals surface area (Å²) < 4.78 is 41.0. The highest BCUT2D eigenvalue weighted by Crippen LogP contribution is 2.28. The Balaban J connectivity index is 1.74. The molecule has 4 aromatic rings. The van der Waals surface area contributed by atoms with Crippen molar-refractivity contribution in [3.63, 3.8) is 0 Å². The molecule has 3 heterocycles. The minimum absolute atomic E-state index is 0.0152. The highest BCUT2D eigenvalue weighted by molar-refractivity contribution is 6.32. The number of nitrogens with zero attached hydrogens (tertiary/aromatic N) is 6. The minimum atomic E-state index is -4.65. The summed E-state index contributed by atoms with van der Waals surface area (Å²) in [6.45, 7) is 5.55. The SMILES string of the molecule is CCNC(=O)c1cc(C)cc(C)c1NC(=O)c1cc(Cn2cc(C(F)(F)F)nn2)nn1-c1ncccc1Cl. The minimum Gasteiger partial charge on any atom is -0.352 e. The van der Waals surface area contributed by atoms with E-state index in [9.17, 15) is 22.8 Å². The van der Waals surface area contributed by atoms with Gasteiger partial charge in [-0.15, -0.1) is 5.10 Å². The monoisotopic (exact) mass is 546 g/mol. The lowest BCUT2D eigenvalue weighted by Gasteiger charge is -2.15. The van der Waals surface area contributed by atoms with E-state index >= 15 is 0 Å². The van der Waals surface area contributed by atoms with Crippen LogP contribution in [0.5, 0.6) is 0 Å². The van der Waals surface area contributed by atoms with E-state index in [4.69, 9.17) is 11.6 Å². The Labute approximate surface area is 219 Å². The lowest BCUT2D eigenvalue weighted by atomic mass is 10.0. The van der Waals surface area contributed by atoms with Crippen LogP contribution in [0.3, 0.4) is 0 Å². The standard InChI is InChI=1S/C24H22ClF3N8O2/c1-4-29-22(37)16-9-13(2)8-14(3)20(16)31-23(38)18-10-15(11-35-12-19(32-34-35)24(26,27)28)33-36(18)21-17(25)6-5-7-30-21/h5-10,12H,4,11H2,1-3H3,(H,29,37)(H,31,38). The van der Waals surface area contributed by atoms with E-state index in [0.29, 0.717) is 17.8 Å². The van der Waals surface area contributed by atoms with E-state index in [1.165, 1.54) is 16.9 Å². The summed E-state index contributed by atoms with van der Waals surface area (Å²) in [6, 6.07) is 8.01. The summed E-state index contributed by atoms with van der Waals surface area (Å²) in [5.41, 5.74) is 1.10. The molecule has 4 rings (SSSR count). The fraction of sp³-hybridized carbons (Fsp3) is 0.250. The number of carbonyl (C=O) groups excluding carboxylic acids is 2. The molecule has 0 bridgehead atoms. The fourth-order valence-corrected chi connectivity index (χ4v) is 3.98. The van der Waals surface area contributed by atoms with Crippen molar-refractivity contribution in [1.82, 2.24) is 35.1 Å². The van der Waals surface area contributed by atoms with Crippen molar-refractivity contribution in [2.45, 2.75) is 33.5 Å². The first-order valence-electron chi connectivity index (χ1n) is 11.4. The number of benzene rings is 1. The smallest absolute Gasteiger partial charge is 0.352 e. The predicted molar refractivity (Wildman–Crippen MR) is 132 cm³/mol. The van der Waals surface area contributed by atoms with Gasteiger partial charge in [0.2, 0.25) is 0 Å². The van der Waals surface area contributed by atoms with Crippen molar-refractivity contribution in [1.29, 1.82) is 0 Å². The molecular weight excluding hydrogens is 525 g/mol. The maximum Gasteiger partial charge on any atom is 0.436 e. The second-order valence-corrected chi connectivity index (χ2v) is 8.77. The number of nitrogens with one attached hydrogen (secondary N) is 2. The van der Waals surface area contributed by atoms with Crippen LogP contribution < -0.4 is 10.6 Å². The first kappa shape index (κ1) is 26.8. The number of carbonyl (C=O) groups is 2. The summed E-state index contributed by atoms with van der Waals surface area (Å²) in [4.78, 5) is 30.4. The van der Waals surface area contributed by atoms with Gasteiger partial charge in [-0.2, -0.15) is 18.3 Å². The van der Waals surface area contributed by atoms with Crippen LogP contribution in [0.15, 0.2) is 42.7 Å². The molecule has 0 spiro atoms. The van der Waals surface area contributed by atoms with Gasteiger partial charge in [0.25, 0.3) is 11.8 Å². The van der Waals surface area contributed by atoms with Gasteiger partial charge in [-0.25, -0.2) is 14.3 Å². The normalized spacial score (nSPS) is 11.4. The van der Waals surface area contributed by atoms with Crippen LogP contribution in [0.25, 0.3) is 5.82 Å². The maximum absolute atomic E-state index is 13.5. The number of aromatic nitrogens is 6. The van der Waals surface area contributed by atoms with Crippen molar-refractivity contribution < 1.29 is 22.8 Å². The highest BCUT2D eigenvalue weighted by atomic mass is 35.5. The molecule has 10 nitrogen and oxygen atoms in total. The third kappa shape index (κ3) is 5.67. The third-order valence-corrected chi connectivity index (χ3v) is 5.68. The Morgan fingerprint density at radius 2 is 1.89 bits per heavy atom. The summed E-state index contributed by atoms with van der Waals surface area (Å²) in [7, 11) is 0. The summed E-state index contributed by atoms with van der Waals surface area (Å²) >= 11 is 6.30. The molecule has 198 valence electrons. The summed E-state index contributed by atoms with van der Waals surface area (Å²) in [5.74, 6) is -0.870. The molecule has 0 aliphatic carbocycles. The molecule has 0 fully saturated rings. The molecule has 2 amide bonds. The van der Waals surface area contributed by atoms with Gasteiger partial charge in [-0.3, -0.25) is 9.59 Å². The van der Waals surface area contributed by atoms with E-state index in [2.05, 4.69) is 31.0 Å². The average Bonchev–Trinajstić information content (AvgIpc) is 3.49. The van der Waals surface area contributed by atoms with Gasteiger partial charge < -0.3 is 10.6 Å². The Morgan fingerprint density at radius 1 is 1.13 bits per heavy atom. The number of hydrogen-bond acceptors (Lipinski definition) is 6. The highest BCUT2D eigenvalue weighted by Gasteiger charge is 2.34. The molecule has 0 aliphatic rings. The number of rotatable bonds is 7. The Bertz CT molecular complexity index is 1510. The number of aryl methyl sites for hydroxylation is 2. The lowest BCUT2D eigenvalue weighted by Crippen LogP contribution is -2.26. The van der Waals surface area contributed by atoms with Gasteiger partial charge in [-0.05, 0) is 56.2 Å². The van der Waals surface area contributed by atoms with Gasteiger partial charge in [-0.1, -0.05) is 22.9 Å². The zero-order chi connectivity index (χ0) is 27.6. The van der Waals surface area contributed by atoms with E-state index < -0.39 is 17.8 Å². The van der Waals surface area contributed by atoms with Gasteiger partial charge in [0.05, 0.1) is 34.7 Å². The lowest BCUT2D eigenvalue weighted by molar-refractivity contribution is -0.141. The molecular formula is C24H22ClF3N8O2. The van der Waals surface area contributed by atoms with Crippen molar-refractivity contribution in [3.05, 3.63) is 81.5 Å². The average molecular weight is 547 g/mol. The molecule has 3 aromatic heterocycles. The van der Waals surface area contributed by atoms with Crippen LogP contribution in [0, 0.1) is 13.8 Å². The van der Waals surface area contributed by atoms with E-state index in [1.807, 2.05) is 13.0 Å². The Kier molecular flexibility index (Phi) is 7.49. The Hall–Kier alpha value is -4.26. The first-order chi connectivity index (χ1) is 18.0. The molecule has 1 aromatic carbocycles. The van der Waals surface area contributed by atoms with E-state index in [1.54, 1.807) is 32.0 Å². The van der Waals surface area contributed by atoms with Gasteiger partial charge in [0.15, 0.2) is 11.5 Å². The van der Waals surface area contributed by atoms with Gasteiger partial charge in [0, 0.05) is 12.7 Å². The summed E-state index contributed by atoms with van der Waals surface area (Å²) in [5, 5.41) is 16.7. The topological polar surface area (TPSA) is 120 Å². The molecule has 38 heavy (non-hydrogen) atoms. The molecule has 0 atom stereocenters. The van der Waals surface area contributed by atoms with E-state index in [-0.39, 0.29) is 40.2 Å². The van der Waals surface area contributed by atoms with Gasteiger partial charge >= 0.3 is 6.18 Å². The van der Waals surface area contributed by atoms with Crippen LogP contribution in [-0.2, 0) is 12.7 Å². The zero-order valence-corrected chi connectivity index (χ0v) is 21.2. The number of pyridine rings is 1. The molecule has 14 heteroatoms. The van der Waals surface area contributed by atoms with Crippen LogP contribution in [0.4, 0.5) is 18.9 Å². The molecule has 0 saturated heterocycles. The third-order valence-electron chi connectivity index (χ3n) is 5.39. The number of alkyl halides is 3. The second-order valence-electron chi connectivity index (χ2n) is 8.36.